The molecule has 2 atom stereocenters. The lowest BCUT2D eigenvalue weighted by atomic mass is 10.2. The van der Waals surface area contributed by atoms with Crippen molar-refractivity contribution in [3.05, 3.63) is 0 Å². The second kappa shape index (κ2) is 7.24. The fraction of sp³-hybridized carbons (Fsp3) is 1.00. The number of rotatable bonds is 7. The normalized spacial score (nSPS) is 26.4. The summed E-state index contributed by atoms with van der Waals surface area (Å²) in [5.41, 5.74) is 0. The van der Waals surface area contributed by atoms with Gasteiger partial charge in [-0.15, -0.1) is 0 Å². The highest BCUT2D eigenvalue weighted by Crippen LogP contribution is 2.24. The molecule has 1 aliphatic carbocycles. The van der Waals surface area contributed by atoms with Gasteiger partial charge >= 0.3 is 0 Å². The van der Waals surface area contributed by atoms with E-state index >= 15 is 0 Å². The van der Waals surface area contributed by atoms with Gasteiger partial charge in [0.1, 0.15) is 0 Å². The zero-order chi connectivity index (χ0) is 11.1. The maximum Gasteiger partial charge on any atom is 0.0110 e. The lowest BCUT2D eigenvalue weighted by molar-refractivity contribution is 0.203. The van der Waals surface area contributed by atoms with Crippen LogP contribution in [0, 0.1) is 0 Å². The molecule has 2 unspecified atom stereocenters. The Hall–Kier alpha value is -0.0800. The Balaban J connectivity index is 2.29. The Labute approximate surface area is 95.4 Å². The van der Waals surface area contributed by atoms with Gasteiger partial charge in [-0.1, -0.05) is 27.2 Å². The minimum absolute atomic E-state index is 0.788. The van der Waals surface area contributed by atoms with E-state index in [0.717, 1.165) is 18.6 Å². The Morgan fingerprint density at radius 2 is 2.00 bits per heavy atom. The van der Waals surface area contributed by atoms with Crippen LogP contribution >= 0.6 is 0 Å². The zero-order valence-electron chi connectivity index (χ0n) is 10.8. The third-order valence-corrected chi connectivity index (χ3v) is 3.62. The van der Waals surface area contributed by atoms with Crippen LogP contribution in [-0.4, -0.2) is 36.6 Å². The van der Waals surface area contributed by atoms with Crippen LogP contribution in [-0.2, 0) is 0 Å². The first-order valence-electron chi connectivity index (χ1n) is 6.79. The molecule has 0 amide bonds. The first-order valence-corrected chi connectivity index (χ1v) is 6.79. The van der Waals surface area contributed by atoms with Gasteiger partial charge in [-0.25, -0.2) is 0 Å². The zero-order valence-corrected chi connectivity index (χ0v) is 10.8. The maximum absolute atomic E-state index is 3.58. The lowest BCUT2D eigenvalue weighted by Crippen LogP contribution is -2.36. The second-order valence-electron chi connectivity index (χ2n) is 4.70. The molecule has 15 heavy (non-hydrogen) atoms. The fourth-order valence-electron chi connectivity index (χ4n) is 2.72. The van der Waals surface area contributed by atoms with E-state index in [9.17, 15) is 0 Å². The van der Waals surface area contributed by atoms with Crippen molar-refractivity contribution in [2.45, 2.75) is 65.0 Å². The van der Waals surface area contributed by atoms with E-state index in [0.29, 0.717) is 0 Å². The summed E-state index contributed by atoms with van der Waals surface area (Å²) in [5.74, 6) is 0. The van der Waals surface area contributed by atoms with Crippen molar-refractivity contribution in [2.24, 2.45) is 0 Å². The summed E-state index contributed by atoms with van der Waals surface area (Å²) >= 11 is 0. The summed E-state index contributed by atoms with van der Waals surface area (Å²) in [5, 5.41) is 3.58. The monoisotopic (exact) mass is 212 g/mol. The molecule has 90 valence electrons. The molecule has 0 bridgehead atoms. The third kappa shape index (κ3) is 4.12. The first kappa shape index (κ1) is 13.0. The molecule has 2 nitrogen and oxygen atoms in total. The molecule has 1 fully saturated rings. The molecule has 0 aromatic carbocycles. The van der Waals surface area contributed by atoms with Gasteiger partial charge < -0.3 is 10.2 Å². The van der Waals surface area contributed by atoms with Gasteiger partial charge in [-0.05, 0) is 45.3 Å². The molecule has 0 aliphatic heterocycles. The molecule has 0 aromatic rings. The van der Waals surface area contributed by atoms with Crippen molar-refractivity contribution in [3.8, 4) is 0 Å². The van der Waals surface area contributed by atoms with Crippen molar-refractivity contribution < 1.29 is 0 Å². The Bertz CT molecular complexity index is 159. The van der Waals surface area contributed by atoms with E-state index in [4.69, 9.17) is 0 Å². The third-order valence-electron chi connectivity index (χ3n) is 3.62. The van der Waals surface area contributed by atoms with E-state index in [2.05, 4.69) is 31.0 Å². The molecular weight excluding hydrogens is 184 g/mol. The van der Waals surface area contributed by atoms with Crippen LogP contribution in [0.1, 0.15) is 52.9 Å². The molecule has 0 heterocycles. The lowest BCUT2D eigenvalue weighted by Gasteiger charge is -2.27. The van der Waals surface area contributed by atoms with Gasteiger partial charge in [0.2, 0.25) is 0 Å². The van der Waals surface area contributed by atoms with Gasteiger partial charge in [0.05, 0.1) is 0 Å². The van der Waals surface area contributed by atoms with Crippen molar-refractivity contribution in [1.29, 1.82) is 0 Å². The summed E-state index contributed by atoms with van der Waals surface area (Å²) in [6.45, 7) is 10.4. The summed E-state index contributed by atoms with van der Waals surface area (Å²) in [6, 6.07) is 1.64. The SMILES string of the molecule is CCCCN(CC)C1CCC(NCC)C1. The van der Waals surface area contributed by atoms with Gasteiger partial charge in [-0.2, -0.15) is 0 Å². The average molecular weight is 212 g/mol. The molecule has 0 spiro atoms. The quantitative estimate of drug-likeness (QED) is 0.698. The Kier molecular flexibility index (Phi) is 6.26. The predicted octanol–water partition coefficient (Wildman–Crippen LogP) is 2.64. The predicted molar refractivity (Wildman–Crippen MR) is 67.3 cm³/mol. The van der Waals surface area contributed by atoms with E-state index in [1.807, 2.05) is 0 Å². The summed E-state index contributed by atoms with van der Waals surface area (Å²) in [4.78, 5) is 2.68. The van der Waals surface area contributed by atoms with Crippen LogP contribution in [0.5, 0.6) is 0 Å². The van der Waals surface area contributed by atoms with Crippen LogP contribution in [0.3, 0.4) is 0 Å². The standard InChI is InChI=1S/C13H28N2/c1-4-7-10-15(6-3)13-9-8-12(11-13)14-5-2/h12-14H,4-11H2,1-3H3. The smallest absolute Gasteiger partial charge is 0.0110 e. The van der Waals surface area contributed by atoms with E-state index < -0.39 is 0 Å². The van der Waals surface area contributed by atoms with Crippen molar-refractivity contribution in [2.75, 3.05) is 19.6 Å². The van der Waals surface area contributed by atoms with Crippen LogP contribution < -0.4 is 5.32 Å². The summed E-state index contributed by atoms with van der Waals surface area (Å²) in [7, 11) is 0. The van der Waals surface area contributed by atoms with Gasteiger partial charge in [0.25, 0.3) is 0 Å². The molecule has 0 saturated heterocycles. The molecular formula is C13H28N2. The Morgan fingerprint density at radius 1 is 1.20 bits per heavy atom. The number of nitrogens with zero attached hydrogens (tertiary/aromatic N) is 1. The minimum atomic E-state index is 0.788. The number of nitrogens with one attached hydrogen (secondary N) is 1. The fourth-order valence-corrected chi connectivity index (χ4v) is 2.72. The van der Waals surface area contributed by atoms with Gasteiger partial charge in [0, 0.05) is 12.1 Å². The van der Waals surface area contributed by atoms with Crippen molar-refractivity contribution >= 4 is 0 Å². The second-order valence-corrected chi connectivity index (χ2v) is 4.70. The van der Waals surface area contributed by atoms with Gasteiger partial charge in [0.15, 0.2) is 0 Å². The molecule has 1 N–H and O–H groups in total. The maximum atomic E-state index is 3.58. The van der Waals surface area contributed by atoms with Crippen LogP contribution in [0.4, 0.5) is 0 Å². The van der Waals surface area contributed by atoms with Crippen molar-refractivity contribution in [3.63, 3.8) is 0 Å². The highest BCUT2D eigenvalue weighted by atomic mass is 15.2. The molecule has 1 saturated carbocycles. The molecule has 1 rings (SSSR count). The van der Waals surface area contributed by atoms with Crippen LogP contribution in [0.2, 0.25) is 0 Å². The minimum Gasteiger partial charge on any atom is -0.314 e. The Morgan fingerprint density at radius 3 is 2.60 bits per heavy atom. The van der Waals surface area contributed by atoms with Crippen LogP contribution in [0.15, 0.2) is 0 Å². The average Bonchev–Trinajstić information content (AvgIpc) is 2.68. The van der Waals surface area contributed by atoms with Crippen molar-refractivity contribution in [1.82, 2.24) is 10.2 Å². The molecule has 0 radical (unpaired) electrons. The largest absolute Gasteiger partial charge is 0.314 e. The highest BCUT2D eigenvalue weighted by molar-refractivity contribution is 4.86. The number of hydrogen-bond donors (Lipinski definition) is 1. The molecule has 1 aliphatic rings. The van der Waals surface area contributed by atoms with Gasteiger partial charge in [-0.3, -0.25) is 0 Å². The first-order chi connectivity index (χ1) is 7.31. The molecule has 0 aromatic heterocycles. The number of hydrogen-bond acceptors (Lipinski definition) is 2. The van der Waals surface area contributed by atoms with E-state index in [-0.39, 0.29) is 0 Å². The van der Waals surface area contributed by atoms with E-state index in [1.54, 1.807) is 0 Å². The topological polar surface area (TPSA) is 15.3 Å². The van der Waals surface area contributed by atoms with E-state index in [1.165, 1.54) is 45.2 Å². The summed E-state index contributed by atoms with van der Waals surface area (Å²) in [6.07, 6.45) is 6.82. The van der Waals surface area contributed by atoms with Crippen LogP contribution in [0.25, 0.3) is 0 Å². The molecule has 2 heteroatoms. The number of unbranched alkanes of at least 4 members (excludes halogenated alkanes) is 1. The summed E-state index contributed by atoms with van der Waals surface area (Å²) < 4.78 is 0. The highest BCUT2D eigenvalue weighted by Gasteiger charge is 2.27.